The molecule has 49 valence electrons. The van der Waals surface area contributed by atoms with Gasteiger partial charge < -0.3 is 5.73 Å². The van der Waals surface area contributed by atoms with Crippen molar-refractivity contribution in [3.63, 3.8) is 0 Å². The molecule has 0 unspecified atom stereocenters. The van der Waals surface area contributed by atoms with Gasteiger partial charge in [-0.2, -0.15) is 5.10 Å². The molecular formula is C5H8N3S. The molecule has 0 aromatic carbocycles. The fraction of sp³-hybridized carbons (Fsp3) is 0.200. The minimum Gasteiger partial charge on any atom is -0.401 e. The van der Waals surface area contributed by atoms with E-state index in [1.165, 1.54) is 0 Å². The molecule has 1 rings (SSSR count). The molecule has 4 heteroatoms. The zero-order valence-electron chi connectivity index (χ0n) is 4.95. The average Bonchev–Trinajstić information content (AvgIpc) is 2.15. The highest BCUT2D eigenvalue weighted by atomic mass is 32.2. The fourth-order valence-corrected chi connectivity index (χ4v) is 1.05. The highest BCUT2D eigenvalue weighted by molar-refractivity contribution is 8.12. The maximum Gasteiger partial charge on any atom is 0.0920 e. The normalized spacial score (nSPS) is 19.2. The Bertz CT molecular complexity index is 148. The van der Waals surface area contributed by atoms with Gasteiger partial charge in [0.2, 0.25) is 0 Å². The van der Waals surface area contributed by atoms with Crippen molar-refractivity contribution in [3.05, 3.63) is 18.8 Å². The summed E-state index contributed by atoms with van der Waals surface area (Å²) in [7, 11) is 0. The number of hydrazone groups is 1. The summed E-state index contributed by atoms with van der Waals surface area (Å²) in [6.45, 7) is 3.52. The van der Waals surface area contributed by atoms with Crippen LogP contribution in [0.5, 0.6) is 0 Å². The number of nitrogens with zero attached hydrogens (tertiary/aromatic N) is 2. The van der Waals surface area contributed by atoms with Crippen LogP contribution in [0.25, 0.3) is 0 Å². The Morgan fingerprint density at radius 2 is 2.78 bits per heavy atom. The highest BCUT2D eigenvalue weighted by Crippen LogP contribution is 2.09. The lowest BCUT2D eigenvalue weighted by Crippen LogP contribution is -2.06. The lowest BCUT2D eigenvalue weighted by molar-refractivity contribution is 0.479. The molecule has 0 aromatic heterocycles. The molecule has 0 fully saturated rings. The first kappa shape index (κ1) is 6.48. The van der Waals surface area contributed by atoms with Crippen LogP contribution in [0.2, 0.25) is 0 Å². The third-order valence-electron chi connectivity index (χ3n) is 0.792. The van der Waals surface area contributed by atoms with Crippen LogP contribution in [0.1, 0.15) is 0 Å². The van der Waals surface area contributed by atoms with Crippen molar-refractivity contribution in [2.24, 2.45) is 10.8 Å². The summed E-state index contributed by atoms with van der Waals surface area (Å²) in [6.07, 6.45) is 1.70. The van der Waals surface area contributed by atoms with Crippen LogP contribution >= 0.6 is 11.8 Å². The molecule has 1 aliphatic rings. The van der Waals surface area contributed by atoms with Crippen LogP contribution < -0.4 is 5.73 Å². The predicted octanol–water partition coefficient (Wildman–Crippen LogP) is 0.570. The lowest BCUT2D eigenvalue weighted by atomic mass is 10.6. The van der Waals surface area contributed by atoms with Crippen molar-refractivity contribution in [1.29, 1.82) is 0 Å². The summed E-state index contributed by atoms with van der Waals surface area (Å²) < 4.78 is 0. The van der Waals surface area contributed by atoms with Crippen LogP contribution in [0, 0.1) is 6.92 Å². The van der Waals surface area contributed by atoms with Crippen LogP contribution in [0.4, 0.5) is 0 Å². The number of thioether (sulfide) groups is 1. The second kappa shape index (κ2) is 2.77. The molecule has 9 heavy (non-hydrogen) atoms. The maximum absolute atomic E-state index is 5.30. The molecule has 0 aromatic rings. The Hall–Kier alpha value is -0.640. The van der Waals surface area contributed by atoms with E-state index in [4.69, 9.17) is 5.73 Å². The van der Waals surface area contributed by atoms with Gasteiger partial charge in [-0.1, -0.05) is 11.8 Å². The second-order valence-corrected chi connectivity index (χ2v) is 2.46. The summed E-state index contributed by atoms with van der Waals surface area (Å²) in [5, 5.41) is 5.69. The van der Waals surface area contributed by atoms with E-state index in [1.807, 2.05) is 0 Å². The summed E-state index contributed by atoms with van der Waals surface area (Å²) in [5.74, 6) is 0.843. The second-order valence-electron chi connectivity index (χ2n) is 1.66. The Labute approximate surface area is 58.6 Å². The zero-order valence-corrected chi connectivity index (χ0v) is 5.77. The van der Waals surface area contributed by atoms with Gasteiger partial charge in [-0.15, -0.1) is 0 Å². The van der Waals surface area contributed by atoms with E-state index in [2.05, 4.69) is 12.0 Å². The number of nitrogens with two attached hydrogens (primary N) is 1. The molecular weight excluding hydrogens is 134 g/mol. The topological polar surface area (TPSA) is 41.6 Å². The Kier molecular flexibility index (Phi) is 2.00. The van der Waals surface area contributed by atoms with Crippen molar-refractivity contribution in [1.82, 2.24) is 5.01 Å². The minimum absolute atomic E-state index is 0.537. The van der Waals surface area contributed by atoms with E-state index < -0.39 is 0 Å². The largest absolute Gasteiger partial charge is 0.401 e. The van der Waals surface area contributed by atoms with Crippen molar-refractivity contribution >= 4 is 17.3 Å². The van der Waals surface area contributed by atoms with Crippen molar-refractivity contribution in [2.45, 2.75) is 0 Å². The number of hydrogen-bond donors (Lipinski definition) is 1. The van der Waals surface area contributed by atoms with Crippen LogP contribution in [0.3, 0.4) is 0 Å². The number of rotatable bonds is 1. The van der Waals surface area contributed by atoms with Gasteiger partial charge in [0.15, 0.2) is 0 Å². The molecule has 0 saturated carbocycles. The molecule has 1 aliphatic heterocycles. The van der Waals surface area contributed by atoms with Gasteiger partial charge >= 0.3 is 0 Å². The van der Waals surface area contributed by atoms with E-state index in [0.717, 1.165) is 5.88 Å². The van der Waals surface area contributed by atoms with Gasteiger partial charge in [0.05, 0.1) is 11.4 Å². The molecule has 1 heterocycles. The zero-order chi connectivity index (χ0) is 6.69. The highest BCUT2D eigenvalue weighted by Gasteiger charge is 2.00. The monoisotopic (exact) mass is 142 g/mol. The van der Waals surface area contributed by atoms with Crippen LogP contribution in [0.15, 0.2) is 17.0 Å². The molecule has 0 spiro atoms. The smallest absolute Gasteiger partial charge is 0.0920 e. The van der Waals surface area contributed by atoms with Crippen LogP contribution in [-0.2, 0) is 0 Å². The van der Waals surface area contributed by atoms with Gasteiger partial charge in [0.25, 0.3) is 0 Å². The number of allylic oxidation sites excluding steroid dienone is 1. The predicted molar refractivity (Wildman–Crippen MR) is 40.4 cm³/mol. The van der Waals surface area contributed by atoms with Gasteiger partial charge in [-0.3, -0.25) is 5.01 Å². The first-order valence-electron chi connectivity index (χ1n) is 2.49. The van der Waals surface area contributed by atoms with Crippen molar-refractivity contribution in [2.75, 3.05) is 5.88 Å². The molecule has 2 N–H and O–H groups in total. The maximum atomic E-state index is 5.30. The van der Waals surface area contributed by atoms with E-state index in [0.29, 0.717) is 5.70 Å². The Balaban J connectivity index is 2.45. The van der Waals surface area contributed by atoms with E-state index in [1.54, 1.807) is 28.5 Å². The molecule has 3 nitrogen and oxygen atoms in total. The van der Waals surface area contributed by atoms with Gasteiger partial charge in [-0.25, -0.2) is 0 Å². The summed E-state index contributed by atoms with van der Waals surface area (Å²) in [5.41, 5.74) is 7.61. The summed E-state index contributed by atoms with van der Waals surface area (Å²) in [4.78, 5) is 0. The quantitative estimate of drug-likeness (QED) is 0.582. The summed E-state index contributed by atoms with van der Waals surface area (Å²) in [6, 6.07) is 0. The molecule has 1 radical (unpaired) electrons. The van der Waals surface area contributed by atoms with Gasteiger partial charge in [0.1, 0.15) is 0 Å². The SMILES string of the molecule is [CH2]C(N)=CN1CSC=N1. The molecule has 0 amide bonds. The molecule has 0 bridgehead atoms. The van der Waals surface area contributed by atoms with Gasteiger partial charge in [0, 0.05) is 11.9 Å². The minimum atomic E-state index is 0.537. The third-order valence-corrected chi connectivity index (χ3v) is 1.45. The summed E-state index contributed by atoms with van der Waals surface area (Å²) >= 11 is 1.63. The first-order chi connectivity index (χ1) is 4.29. The first-order valence-corrected chi connectivity index (χ1v) is 3.54. The van der Waals surface area contributed by atoms with E-state index in [9.17, 15) is 0 Å². The standard InChI is InChI=1S/C5H8N3S/c1-5(6)2-8-4-9-3-7-8/h2-3H,1,4,6H2. The van der Waals surface area contributed by atoms with Crippen molar-refractivity contribution in [3.8, 4) is 0 Å². The third kappa shape index (κ3) is 1.97. The van der Waals surface area contributed by atoms with E-state index in [-0.39, 0.29) is 0 Å². The van der Waals surface area contributed by atoms with Crippen LogP contribution in [-0.4, -0.2) is 16.4 Å². The molecule has 0 atom stereocenters. The lowest BCUT2D eigenvalue weighted by Gasteiger charge is -2.05. The Morgan fingerprint density at radius 3 is 3.22 bits per heavy atom. The van der Waals surface area contributed by atoms with Gasteiger partial charge in [-0.05, 0) is 6.92 Å². The fourth-order valence-electron chi connectivity index (χ4n) is 0.499. The molecule has 0 saturated heterocycles. The Morgan fingerprint density at radius 1 is 2.00 bits per heavy atom. The van der Waals surface area contributed by atoms with Crippen molar-refractivity contribution < 1.29 is 0 Å². The van der Waals surface area contributed by atoms with E-state index >= 15 is 0 Å². The molecule has 0 aliphatic carbocycles. The average molecular weight is 142 g/mol. The number of hydrogen-bond acceptors (Lipinski definition) is 4.